The zero-order valence-electron chi connectivity index (χ0n) is 10.3. The van der Waals surface area contributed by atoms with Crippen molar-refractivity contribution < 1.29 is 4.39 Å². The molecule has 0 amide bonds. The molecule has 96 valence electrons. The molecule has 0 atom stereocenters. The van der Waals surface area contributed by atoms with Crippen molar-refractivity contribution in [3.63, 3.8) is 0 Å². The Hall–Kier alpha value is -1.36. The lowest BCUT2D eigenvalue weighted by atomic mass is 10.3. The summed E-state index contributed by atoms with van der Waals surface area (Å²) in [6.07, 6.45) is 1.96. The molecule has 1 heterocycles. The Morgan fingerprint density at radius 3 is 2.78 bits per heavy atom. The van der Waals surface area contributed by atoms with E-state index in [1.165, 1.54) is 12.1 Å². The first-order valence-electron chi connectivity index (χ1n) is 5.79. The number of hydrogen-bond acceptors (Lipinski definition) is 2. The van der Waals surface area contributed by atoms with Crippen molar-refractivity contribution in [2.45, 2.75) is 26.4 Å². The minimum atomic E-state index is -0.253. The van der Waals surface area contributed by atoms with Gasteiger partial charge in [-0.2, -0.15) is 5.10 Å². The number of benzene rings is 1. The second kappa shape index (κ2) is 5.52. The average molecular weight is 312 g/mol. The highest BCUT2D eigenvalue weighted by Crippen LogP contribution is 2.23. The molecule has 0 aliphatic carbocycles. The van der Waals surface area contributed by atoms with Crippen LogP contribution in [0.25, 0.3) is 0 Å². The summed E-state index contributed by atoms with van der Waals surface area (Å²) >= 11 is 3.32. The molecule has 0 spiro atoms. The van der Waals surface area contributed by atoms with Crippen LogP contribution in [-0.2, 0) is 6.54 Å². The van der Waals surface area contributed by atoms with E-state index in [0.717, 1.165) is 11.4 Å². The molecule has 3 nitrogen and oxygen atoms in total. The molecule has 0 unspecified atom stereocenters. The molecule has 18 heavy (non-hydrogen) atoms. The van der Waals surface area contributed by atoms with E-state index in [-0.39, 0.29) is 5.82 Å². The third-order valence-corrected chi connectivity index (χ3v) is 3.24. The summed E-state index contributed by atoms with van der Waals surface area (Å²) in [4.78, 5) is 0. The lowest BCUT2D eigenvalue weighted by Gasteiger charge is -2.07. The summed E-state index contributed by atoms with van der Waals surface area (Å²) in [7, 11) is 0. The van der Waals surface area contributed by atoms with Crippen molar-refractivity contribution in [2.75, 3.05) is 5.32 Å². The van der Waals surface area contributed by atoms with Gasteiger partial charge in [-0.25, -0.2) is 4.39 Å². The van der Waals surface area contributed by atoms with E-state index in [2.05, 4.69) is 40.2 Å². The summed E-state index contributed by atoms with van der Waals surface area (Å²) < 4.78 is 15.6. The molecule has 0 fully saturated rings. The Labute approximate surface area is 114 Å². The maximum Gasteiger partial charge on any atom is 0.124 e. The van der Waals surface area contributed by atoms with Crippen LogP contribution in [0.4, 0.5) is 10.1 Å². The SMILES string of the molecule is CC(C)n1ccc(CNc2ccc(F)cc2Br)n1. The second-order valence-corrected chi connectivity index (χ2v) is 5.21. The minimum absolute atomic E-state index is 0.253. The Bertz CT molecular complexity index is 537. The molecule has 2 rings (SSSR count). The molecule has 1 aromatic heterocycles. The molecular weight excluding hydrogens is 297 g/mol. The monoisotopic (exact) mass is 311 g/mol. The summed E-state index contributed by atoms with van der Waals surface area (Å²) in [6.45, 7) is 4.78. The second-order valence-electron chi connectivity index (χ2n) is 4.36. The molecule has 0 saturated heterocycles. The van der Waals surface area contributed by atoms with E-state index in [0.29, 0.717) is 17.1 Å². The smallest absolute Gasteiger partial charge is 0.124 e. The van der Waals surface area contributed by atoms with Gasteiger partial charge in [-0.3, -0.25) is 4.68 Å². The van der Waals surface area contributed by atoms with Crippen LogP contribution in [0, 0.1) is 5.82 Å². The fourth-order valence-electron chi connectivity index (χ4n) is 1.58. The van der Waals surface area contributed by atoms with Crippen LogP contribution in [0.2, 0.25) is 0 Å². The van der Waals surface area contributed by atoms with Gasteiger partial charge in [0.2, 0.25) is 0 Å². The highest BCUT2D eigenvalue weighted by atomic mass is 79.9. The van der Waals surface area contributed by atoms with E-state index < -0.39 is 0 Å². The fourth-order valence-corrected chi connectivity index (χ4v) is 2.07. The number of aromatic nitrogens is 2. The van der Waals surface area contributed by atoms with Crippen molar-refractivity contribution >= 4 is 21.6 Å². The van der Waals surface area contributed by atoms with E-state index in [4.69, 9.17) is 0 Å². The predicted octanol–water partition coefficient (Wildman–Crippen LogP) is 3.98. The zero-order valence-corrected chi connectivity index (χ0v) is 11.9. The Morgan fingerprint density at radius 2 is 2.17 bits per heavy atom. The van der Waals surface area contributed by atoms with Crippen molar-refractivity contribution in [1.82, 2.24) is 9.78 Å². The number of rotatable bonds is 4. The first-order chi connectivity index (χ1) is 8.56. The van der Waals surface area contributed by atoms with Gasteiger partial charge < -0.3 is 5.32 Å². The summed E-state index contributed by atoms with van der Waals surface area (Å²) in [5.74, 6) is -0.253. The van der Waals surface area contributed by atoms with E-state index in [1.54, 1.807) is 6.07 Å². The Morgan fingerprint density at radius 1 is 1.39 bits per heavy atom. The molecule has 0 radical (unpaired) electrons. The molecule has 2 aromatic rings. The van der Waals surface area contributed by atoms with Crippen LogP contribution in [0.3, 0.4) is 0 Å². The highest BCUT2D eigenvalue weighted by Gasteiger charge is 2.04. The van der Waals surface area contributed by atoms with Gasteiger partial charge in [0, 0.05) is 22.4 Å². The third-order valence-electron chi connectivity index (χ3n) is 2.58. The summed E-state index contributed by atoms with van der Waals surface area (Å²) in [6, 6.07) is 6.91. The average Bonchev–Trinajstić information content (AvgIpc) is 2.76. The molecule has 5 heteroatoms. The molecule has 1 N–H and O–H groups in total. The van der Waals surface area contributed by atoms with Gasteiger partial charge in [-0.15, -0.1) is 0 Å². The maximum absolute atomic E-state index is 12.9. The summed E-state index contributed by atoms with van der Waals surface area (Å²) in [5.41, 5.74) is 1.82. The lowest BCUT2D eigenvalue weighted by molar-refractivity contribution is 0.527. The van der Waals surface area contributed by atoms with Gasteiger partial charge in [-0.05, 0) is 54.0 Å². The van der Waals surface area contributed by atoms with Crippen LogP contribution in [0.5, 0.6) is 0 Å². The van der Waals surface area contributed by atoms with E-state index in [9.17, 15) is 4.39 Å². The first kappa shape index (κ1) is 13.1. The van der Waals surface area contributed by atoms with Gasteiger partial charge in [0.25, 0.3) is 0 Å². The van der Waals surface area contributed by atoms with Gasteiger partial charge in [0.1, 0.15) is 5.82 Å². The van der Waals surface area contributed by atoms with E-state index >= 15 is 0 Å². The topological polar surface area (TPSA) is 29.9 Å². The number of anilines is 1. The van der Waals surface area contributed by atoms with Crippen molar-refractivity contribution in [3.8, 4) is 0 Å². The molecule has 0 aliphatic heterocycles. The molecule has 0 bridgehead atoms. The van der Waals surface area contributed by atoms with Crippen LogP contribution in [-0.4, -0.2) is 9.78 Å². The van der Waals surface area contributed by atoms with Crippen LogP contribution < -0.4 is 5.32 Å². The summed E-state index contributed by atoms with van der Waals surface area (Å²) in [5, 5.41) is 7.66. The fraction of sp³-hybridized carbons (Fsp3) is 0.308. The standard InChI is InChI=1S/C13H15BrFN3/c1-9(2)18-6-5-11(17-18)8-16-13-4-3-10(15)7-12(13)14/h3-7,9,16H,8H2,1-2H3. The van der Waals surface area contributed by atoms with Crippen LogP contribution in [0.15, 0.2) is 34.9 Å². The maximum atomic E-state index is 12.9. The lowest BCUT2D eigenvalue weighted by Crippen LogP contribution is -2.05. The zero-order chi connectivity index (χ0) is 13.1. The van der Waals surface area contributed by atoms with Crippen molar-refractivity contribution in [3.05, 3.63) is 46.4 Å². The van der Waals surface area contributed by atoms with Gasteiger partial charge >= 0.3 is 0 Å². The number of hydrogen-bond donors (Lipinski definition) is 1. The number of halogens is 2. The normalized spacial score (nSPS) is 10.9. The van der Waals surface area contributed by atoms with Crippen LogP contribution in [0.1, 0.15) is 25.6 Å². The number of nitrogens with zero attached hydrogens (tertiary/aromatic N) is 2. The first-order valence-corrected chi connectivity index (χ1v) is 6.58. The molecule has 0 saturated carbocycles. The van der Waals surface area contributed by atoms with E-state index in [1.807, 2.05) is 16.9 Å². The van der Waals surface area contributed by atoms with Gasteiger partial charge in [0.15, 0.2) is 0 Å². The molecule has 1 aromatic carbocycles. The van der Waals surface area contributed by atoms with Gasteiger partial charge in [-0.1, -0.05) is 0 Å². The number of nitrogens with one attached hydrogen (secondary N) is 1. The minimum Gasteiger partial charge on any atom is -0.378 e. The third kappa shape index (κ3) is 3.10. The highest BCUT2D eigenvalue weighted by molar-refractivity contribution is 9.10. The van der Waals surface area contributed by atoms with Gasteiger partial charge in [0.05, 0.1) is 12.2 Å². The largest absolute Gasteiger partial charge is 0.378 e. The predicted molar refractivity (Wildman–Crippen MR) is 74.0 cm³/mol. The Balaban J connectivity index is 2.02. The van der Waals surface area contributed by atoms with Crippen molar-refractivity contribution in [1.29, 1.82) is 0 Å². The quantitative estimate of drug-likeness (QED) is 0.925. The van der Waals surface area contributed by atoms with Crippen molar-refractivity contribution in [2.24, 2.45) is 0 Å². The molecule has 0 aliphatic rings. The molecular formula is C13H15BrFN3. The Kier molecular flexibility index (Phi) is 4.01. The van der Waals surface area contributed by atoms with Crippen LogP contribution >= 0.6 is 15.9 Å².